The minimum atomic E-state index is -3.06. The Labute approximate surface area is 173 Å². The molecule has 0 saturated heterocycles. The first-order valence-corrected chi connectivity index (χ1v) is 9.10. The van der Waals surface area contributed by atoms with Gasteiger partial charge in [0, 0.05) is 17.3 Å². The Morgan fingerprint density at radius 3 is 2.53 bits per heavy atom. The zero-order valence-corrected chi connectivity index (χ0v) is 17.1. The number of amides is 1. The highest BCUT2D eigenvalue weighted by molar-refractivity contribution is 5.97. The second kappa shape index (κ2) is 10.4. The molecular weight excluding hydrogens is 396 g/mol. The number of aryl methyl sites for hydroxylation is 2. The lowest BCUT2D eigenvalue weighted by Crippen LogP contribution is -2.29. The van der Waals surface area contributed by atoms with Crippen molar-refractivity contribution in [1.82, 2.24) is 0 Å². The van der Waals surface area contributed by atoms with E-state index < -0.39 is 24.6 Å². The number of carbonyl (C=O) groups is 2. The highest BCUT2D eigenvalue weighted by atomic mass is 19.3. The maximum Gasteiger partial charge on any atom is 0.387 e. The van der Waals surface area contributed by atoms with Gasteiger partial charge in [0.15, 0.2) is 17.6 Å². The third-order valence-electron chi connectivity index (χ3n) is 4.15. The number of carbonyl (C=O) groups excluding carboxylic acids is 2. The Hall–Kier alpha value is -3.42. The molecule has 2 aromatic carbocycles. The Balaban J connectivity index is 2.05. The van der Waals surface area contributed by atoms with Crippen molar-refractivity contribution < 1.29 is 32.6 Å². The third kappa shape index (κ3) is 6.30. The van der Waals surface area contributed by atoms with Crippen LogP contribution < -0.4 is 14.8 Å². The van der Waals surface area contributed by atoms with Crippen molar-refractivity contribution in [3.05, 3.63) is 59.2 Å². The molecule has 0 aromatic heterocycles. The number of ether oxygens (including phenoxy) is 3. The van der Waals surface area contributed by atoms with Crippen molar-refractivity contribution in [3.8, 4) is 11.5 Å². The quantitative estimate of drug-likeness (QED) is 0.504. The van der Waals surface area contributed by atoms with Crippen LogP contribution >= 0.6 is 0 Å². The minimum Gasteiger partial charge on any atom is -0.493 e. The largest absolute Gasteiger partial charge is 0.493 e. The number of para-hydroxylation sites is 1. The molecule has 160 valence electrons. The highest BCUT2D eigenvalue weighted by Gasteiger charge is 2.18. The zero-order valence-electron chi connectivity index (χ0n) is 17.1. The van der Waals surface area contributed by atoms with E-state index in [0.717, 1.165) is 17.2 Å². The third-order valence-corrected chi connectivity index (χ3v) is 4.15. The normalized spacial score (nSPS) is 12.0. The lowest BCUT2D eigenvalue weighted by atomic mass is 10.1. The molecule has 8 heteroatoms. The molecule has 1 amide bonds. The van der Waals surface area contributed by atoms with Crippen LogP contribution in [-0.2, 0) is 14.3 Å². The number of methoxy groups -OCH3 is 1. The second-order valence-electron chi connectivity index (χ2n) is 6.48. The molecule has 30 heavy (non-hydrogen) atoms. The smallest absolute Gasteiger partial charge is 0.387 e. The van der Waals surface area contributed by atoms with Gasteiger partial charge in [0.2, 0.25) is 0 Å². The van der Waals surface area contributed by atoms with Gasteiger partial charge in [-0.2, -0.15) is 8.78 Å². The summed E-state index contributed by atoms with van der Waals surface area (Å²) in [6.07, 6.45) is 1.20. The fourth-order valence-corrected chi connectivity index (χ4v) is 2.57. The van der Waals surface area contributed by atoms with E-state index in [1.165, 1.54) is 32.2 Å². The van der Waals surface area contributed by atoms with Crippen LogP contribution in [0.5, 0.6) is 11.5 Å². The van der Waals surface area contributed by atoms with E-state index in [-0.39, 0.29) is 17.1 Å². The van der Waals surface area contributed by atoms with Crippen molar-refractivity contribution in [1.29, 1.82) is 0 Å². The SMILES string of the molecule is COc1cccc(/C=C/C(=O)O[C@H](C)C(=O)Nc2cc(C)ccc2C)c1OC(F)F. The van der Waals surface area contributed by atoms with E-state index in [4.69, 9.17) is 9.47 Å². The number of benzene rings is 2. The van der Waals surface area contributed by atoms with Gasteiger partial charge in [0.1, 0.15) is 0 Å². The molecule has 0 fully saturated rings. The predicted octanol–water partition coefficient (Wildman–Crippen LogP) is 4.50. The van der Waals surface area contributed by atoms with E-state index in [0.29, 0.717) is 5.69 Å². The van der Waals surface area contributed by atoms with Crippen LogP contribution in [0.1, 0.15) is 23.6 Å². The molecule has 1 N–H and O–H groups in total. The molecule has 0 saturated carbocycles. The Bertz CT molecular complexity index is 943. The number of hydrogen-bond acceptors (Lipinski definition) is 5. The van der Waals surface area contributed by atoms with Crippen molar-refractivity contribution in [2.24, 2.45) is 0 Å². The summed E-state index contributed by atoms with van der Waals surface area (Å²) in [6.45, 7) is 2.12. The summed E-state index contributed by atoms with van der Waals surface area (Å²) in [7, 11) is 1.31. The van der Waals surface area contributed by atoms with Gasteiger partial charge < -0.3 is 19.5 Å². The number of alkyl halides is 2. The molecule has 1 atom stereocenters. The van der Waals surface area contributed by atoms with Gasteiger partial charge in [-0.15, -0.1) is 0 Å². The van der Waals surface area contributed by atoms with Crippen molar-refractivity contribution in [3.63, 3.8) is 0 Å². The molecular formula is C22H23F2NO5. The van der Waals surface area contributed by atoms with Crippen LogP contribution in [0.25, 0.3) is 6.08 Å². The average molecular weight is 419 g/mol. The Kier molecular flexibility index (Phi) is 7.91. The number of hydrogen-bond donors (Lipinski definition) is 1. The minimum absolute atomic E-state index is 0.0899. The summed E-state index contributed by atoms with van der Waals surface area (Å²) in [5.74, 6) is -1.43. The molecule has 0 heterocycles. The fourth-order valence-electron chi connectivity index (χ4n) is 2.57. The first-order chi connectivity index (χ1) is 14.2. The van der Waals surface area contributed by atoms with Crippen molar-refractivity contribution >= 4 is 23.6 Å². The predicted molar refractivity (Wildman–Crippen MR) is 109 cm³/mol. The van der Waals surface area contributed by atoms with Crippen LogP contribution in [0.15, 0.2) is 42.5 Å². The molecule has 0 bridgehead atoms. The van der Waals surface area contributed by atoms with E-state index >= 15 is 0 Å². The molecule has 0 aliphatic heterocycles. The highest BCUT2D eigenvalue weighted by Crippen LogP contribution is 2.33. The van der Waals surface area contributed by atoms with Gasteiger partial charge in [-0.3, -0.25) is 4.79 Å². The summed E-state index contributed by atoms with van der Waals surface area (Å²) >= 11 is 0. The van der Waals surface area contributed by atoms with Crippen LogP contribution in [0, 0.1) is 13.8 Å². The zero-order chi connectivity index (χ0) is 22.3. The number of rotatable bonds is 8. The van der Waals surface area contributed by atoms with Gasteiger partial charge in [-0.25, -0.2) is 4.79 Å². The number of anilines is 1. The topological polar surface area (TPSA) is 73.9 Å². The van der Waals surface area contributed by atoms with E-state index in [2.05, 4.69) is 10.1 Å². The van der Waals surface area contributed by atoms with Crippen LogP contribution in [0.4, 0.5) is 14.5 Å². The van der Waals surface area contributed by atoms with E-state index in [9.17, 15) is 18.4 Å². The molecule has 0 aliphatic rings. The summed E-state index contributed by atoms with van der Waals surface area (Å²) in [6, 6.07) is 10.1. The molecule has 2 aromatic rings. The van der Waals surface area contributed by atoms with E-state index in [1.54, 1.807) is 6.07 Å². The first kappa shape index (κ1) is 22.9. The Morgan fingerprint density at radius 1 is 1.13 bits per heavy atom. The van der Waals surface area contributed by atoms with Crippen molar-refractivity contribution in [2.45, 2.75) is 33.5 Å². The summed E-state index contributed by atoms with van der Waals surface area (Å²) in [5, 5.41) is 2.72. The molecule has 0 aliphatic carbocycles. The number of nitrogens with one attached hydrogen (secondary N) is 1. The lowest BCUT2D eigenvalue weighted by Gasteiger charge is -2.14. The lowest BCUT2D eigenvalue weighted by molar-refractivity contribution is -0.148. The van der Waals surface area contributed by atoms with Gasteiger partial charge in [0.05, 0.1) is 7.11 Å². The van der Waals surface area contributed by atoms with Crippen molar-refractivity contribution in [2.75, 3.05) is 12.4 Å². The summed E-state index contributed by atoms with van der Waals surface area (Å²) < 4.78 is 39.9. The Morgan fingerprint density at radius 2 is 1.87 bits per heavy atom. The van der Waals surface area contributed by atoms with Crippen LogP contribution in [0.2, 0.25) is 0 Å². The second-order valence-corrected chi connectivity index (χ2v) is 6.48. The number of halogens is 2. The molecule has 0 radical (unpaired) electrons. The molecule has 0 spiro atoms. The van der Waals surface area contributed by atoms with E-state index in [1.807, 2.05) is 32.0 Å². The average Bonchev–Trinajstić information content (AvgIpc) is 2.69. The van der Waals surface area contributed by atoms with Gasteiger partial charge in [0.25, 0.3) is 5.91 Å². The molecule has 6 nitrogen and oxygen atoms in total. The first-order valence-electron chi connectivity index (χ1n) is 9.10. The maximum absolute atomic E-state index is 12.7. The van der Waals surface area contributed by atoms with Gasteiger partial charge in [-0.1, -0.05) is 24.3 Å². The van der Waals surface area contributed by atoms with Crippen LogP contribution in [0.3, 0.4) is 0 Å². The van der Waals surface area contributed by atoms with Crippen LogP contribution in [-0.4, -0.2) is 31.7 Å². The summed E-state index contributed by atoms with van der Waals surface area (Å²) in [5.41, 5.74) is 2.67. The monoisotopic (exact) mass is 419 g/mol. The molecule has 2 rings (SSSR count). The maximum atomic E-state index is 12.7. The van der Waals surface area contributed by atoms with Gasteiger partial charge in [-0.05, 0) is 50.1 Å². The standard InChI is InChI=1S/C22H23F2NO5/c1-13-8-9-14(2)17(12-13)25-21(27)15(3)29-19(26)11-10-16-6-5-7-18(28-4)20(16)30-22(23)24/h5-12,15,22H,1-4H3,(H,25,27)/b11-10+/t15-/m1/s1. The summed E-state index contributed by atoms with van der Waals surface area (Å²) in [4.78, 5) is 24.4. The van der Waals surface area contributed by atoms with Gasteiger partial charge >= 0.3 is 12.6 Å². The molecule has 0 unspecified atom stereocenters. The fraction of sp³-hybridized carbons (Fsp3) is 0.273. The number of esters is 1.